The van der Waals surface area contributed by atoms with Crippen molar-refractivity contribution in [2.45, 2.75) is 31.8 Å². The Labute approximate surface area is 174 Å². The summed E-state index contributed by atoms with van der Waals surface area (Å²) in [7, 11) is 0. The number of nitrogens with zero attached hydrogens (tertiary/aromatic N) is 3. The Kier molecular flexibility index (Phi) is 5.88. The van der Waals surface area contributed by atoms with E-state index < -0.39 is 11.9 Å². The number of likely N-dealkylation sites (tertiary alicyclic amines) is 1. The zero-order valence-electron chi connectivity index (χ0n) is 16.5. The highest BCUT2D eigenvalue weighted by Gasteiger charge is 2.32. The van der Waals surface area contributed by atoms with Crippen molar-refractivity contribution in [3.05, 3.63) is 84.2 Å². The third-order valence-electron chi connectivity index (χ3n) is 5.30. The van der Waals surface area contributed by atoms with E-state index >= 15 is 0 Å². The van der Waals surface area contributed by atoms with Gasteiger partial charge < -0.3 is 14.8 Å². The van der Waals surface area contributed by atoms with Crippen molar-refractivity contribution in [2.24, 2.45) is 0 Å². The molecular formula is C23H23FN4O2. The predicted octanol–water partition coefficient (Wildman–Crippen LogP) is 3.38. The molecule has 1 N–H and O–H groups in total. The van der Waals surface area contributed by atoms with Crippen LogP contribution in [-0.4, -0.2) is 32.8 Å². The maximum absolute atomic E-state index is 14.5. The second kappa shape index (κ2) is 8.90. The molecule has 1 fully saturated rings. The Bertz CT molecular complexity index is 1020. The zero-order valence-corrected chi connectivity index (χ0v) is 16.5. The number of halogens is 1. The molecule has 0 radical (unpaired) electrons. The van der Waals surface area contributed by atoms with Crippen LogP contribution in [0.15, 0.2) is 67.3 Å². The Morgan fingerprint density at radius 3 is 2.70 bits per heavy atom. The van der Waals surface area contributed by atoms with Crippen LogP contribution in [0.2, 0.25) is 0 Å². The molecule has 0 bridgehead atoms. The summed E-state index contributed by atoms with van der Waals surface area (Å²) in [4.78, 5) is 31.1. The van der Waals surface area contributed by atoms with Crippen LogP contribution in [0.4, 0.5) is 4.39 Å². The van der Waals surface area contributed by atoms with Gasteiger partial charge in [-0.25, -0.2) is 9.37 Å². The molecule has 30 heavy (non-hydrogen) atoms. The van der Waals surface area contributed by atoms with Crippen molar-refractivity contribution in [3.63, 3.8) is 0 Å². The number of nitrogens with one attached hydrogen (secondary N) is 1. The van der Waals surface area contributed by atoms with Crippen molar-refractivity contribution in [1.82, 2.24) is 19.8 Å². The lowest BCUT2D eigenvalue weighted by molar-refractivity contribution is -0.142. The number of aromatic nitrogens is 2. The van der Waals surface area contributed by atoms with E-state index in [1.54, 1.807) is 34.0 Å². The third kappa shape index (κ3) is 4.25. The molecule has 4 rings (SSSR count). The Morgan fingerprint density at radius 1 is 1.17 bits per heavy atom. The first-order chi connectivity index (χ1) is 14.6. The number of hydrogen-bond acceptors (Lipinski definition) is 3. The van der Waals surface area contributed by atoms with Gasteiger partial charge in [0.2, 0.25) is 11.8 Å². The summed E-state index contributed by atoms with van der Waals surface area (Å²) in [5.41, 5.74) is 1.80. The summed E-state index contributed by atoms with van der Waals surface area (Å²) < 4.78 is 16.1. The lowest BCUT2D eigenvalue weighted by Crippen LogP contribution is -2.45. The van der Waals surface area contributed by atoms with Crippen molar-refractivity contribution < 1.29 is 14.0 Å². The molecule has 1 aliphatic rings. The van der Waals surface area contributed by atoms with Crippen LogP contribution in [0.3, 0.4) is 0 Å². The molecule has 0 saturated carbocycles. The fourth-order valence-electron chi connectivity index (χ4n) is 3.77. The number of piperidine rings is 1. The van der Waals surface area contributed by atoms with Gasteiger partial charge in [-0.2, -0.15) is 0 Å². The molecule has 0 aliphatic carbocycles. The first-order valence-corrected chi connectivity index (χ1v) is 10.0. The van der Waals surface area contributed by atoms with Crippen LogP contribution in [0.5, 0.6) is 0 Å². The molecule has 1 unspecified atom stereocenters. The van der Waals surface area contributed by atoms with Crippen LogP contribution in [0.25, 0.3) is 5.69 Å². The van der Waals surface area contributed by atoms with E-state index in [1.165, 1.54) is 12.4 Å². The number of hydrogen-bond donors (Lipinski definition) is 1. The normalized spacial score (nSPS) is 15.1. The van der Waals surface area contributed by atoms with Gasteiger partial charge in [0.05, 0.1) is 12.0 Å². The molecule has 7 heteroatoms. The highest BCUT2D eigenvalue weighted by molar-refractivity contribution is 5.89. The number of imidazole rings is 1. The monoisotopic (exact) mass is 406 g/mol. The van der Waals surface area contributed by atoms with Gasteiger partial charge in [-0.05, 0) is 36.1 Å². The number of benzene rings is 2. The Balaban J connectivity index is 1.50. The molecule has 2 amide bonds. The van der Waals surface area contributed by atoms with Crippen molar-refractivity contribution >= 4 is 11.8 Å². The summed E-state index contributed by atoms with van der Waals surface area (Å²) in [5, 5.41) is 2.88. The van der Waals surface area contributed by atoms with Crippen LogP contribution in [0.1, 0.15) is 36.4 Å². The van der Waals surface area contributed by atoms with Gasteiger partial charge in [0.25, 0.3) is 0 Å². The molecule has 0 spiro atoms. The minimum absolute atomic E-state index is 0.0130. The fraction of sp³-hybridized carbons (Fsp3) is 0.261. The Morgan fingerprint density at radius 2 is 2.00 bits per heavy atom. The molecule has 1 aliphatic heterocycles. The van der Waals surface area contributed by atoms with Crippen LogP contribution in [0, 0.1) is 5.82 Å². The van der Waals surface area contributed by atoms with Gasteiger partial charge in [-0.15, -0.1) is 0 Å². The van der Waals surface area contributed by atoms with E-state index in [2.05, 4.69) is 10.3 Å². The molecule has 1 aromatic heterocycles. The quantitative estimate of drug-likeness (QED) is 0.682. The van der Waals surface area contributed by atoms with Crippen LogP contribution < -0.4 is 5.32 Å². The number of carbonyl (C=O) groups is 2. The largest absolute Gasteiger partial charge is 0.350 e. The lowest BCUT2D eigenvalue weighted by atomic mass is 10.0. The van der Waals surface area contributed by atoms with Crippen LogP contribution in [-0.2, 0) is 16.1 Å². The molecular weight excluding hydrogens is 383 g/mol. The molecule has 3 aromatic rings. The summed E-state index contributed by atoms with van der Waals surface area (Å²) >= 11 is 0. The number of carbonyl (C=O) groups excluding carboxylic acids is 2. The van der Waals surface area contributed by atoms with E-state index in [1.807, 2.05) is 30.3 Å². The highest BCUT2D eigenvalue weighted by atomic mass is 19.1. The molecule has 1 saturated heterocycles. The summed E-state index contributed by atoms with van der Waals surface area (Å²) in [5.74, 6) is -0.679. The smallest absolute Gasteiger partial charge is 0.247 e. The minimum Gasteiger partial charge on any atom is -0.350 e. The summed E-state index contributed by atoms with van der Waals surface area (Å²) in [6.07, 6.45) is 6.96. The van der Waals surface area contributed by atoms with Crippen molar-refractivity contribution in [2.75, 3.05) is 6.54 Å². The van der Waals surface area contributed by atoms with Gasteiger partial charge in [-0.1, -0.05) is 36.4 Å². The first kappa shape index (κ1) is 19.8. The molecule has 154 valence electrons. The van der Waals surface area contributed by atoms with Gasteiger partial charge in [0.15, 0.2) is 0 Å². The molecule has 2 aromatic carbocycles. The summed E-state index contributed by atoms with van der Waals surface area (Å²) in [6.45, 7) is 0.728. The maximum Gasteiger partial charge on any atom is 0.247 e. The fourth-order valence-corrected chi connectivity index (χ4v) is 3.77. The van der Waals surface area contributed by atoms with Gasteiger partial charge in [0.1, 0.15) is 11.9 Å². The van der Waals surface area contributed by atoms with Gasteiger partial charge in [-0.3, -0.25) is 9.59 Å². The average molecular weight is 406 g/mol. The van der Waals surface area contributed by atoms with E-state index in [4.69, 9.17) is 0 Å². The van der Waals surface area contributed by atoms with E-state index in [0.29, 0.717) is 24.2 Å². The maximum atomic E-state index is 14.5. The molecule has 2 heterocycles. The van der Waals surface area contributed by atoms with Gasteiger partial charge >= 0.3 is 0 Å². The Hall–Kier alpha value is -3.48. The van der Waals surface area contributed by atoms with Gasteiger partial charge in [0, 0.05) is 31.9 Å². The SMILES string of the molecule is O=C(NCc1ccc(-n2ccnc2)c(F)c1)C(c1ccccc1)N1CCCCC1=O. The van der Waals surface area contributed by atoms with E-state index in [0.717, 1.165) is 18.4 Å². The van der Waals surface area contributed by atoms with Crippen molar-refractivity contribution in [3.8, 4) is 5.69 Å². The van der Waals surface area contributed by atoms with E-state index in [9.17, 15) is 14.0 Å². The standard InChI is InChI=1S/C23H23FN4O2/c24-19-14-17(9-10-20(19)27-13-11-25-16-27)15-26-23(30)22(18-6-2-1-3-7-18)28-12-5-4-8-21(28)29/h1-3,6-7,9-11,13-14,16,22H,4-5,8,12,15H2,(H,26,30). The van der Waals surface area contributed by atoms with Crippen molar-refractivity contribution in [1.29, 1.82) is 0 Å². The predicted molar refractivity (Wildman–Crippen MR) is 110 cm³/mol. The topological polar surface area (TPSA) is 67.2 Å². The zero-order chi connectivity index (χ0) is 20.9. The first-order valence-electron chi connectivity index (χ1n) is 10.0. The second-order valence-corrected chi connectivity index (χ2v) is 7.33. The molecule has 6 nitrogen and oxygen atoms in total. The number of rotatable bonds is 6. The van der Waals surface area contributed by atoms with Crippen LogP contribution >= 0.6 is 0 Å². The third-order valence-corrected chi connectivity index (χ3v) is 5.30. The molecule has 1 atom stereocenters. The lowest BCUT2D eigenvalue weighted by Gasteiger charge is -2.34. The minimum atomic E-state index is -0.686. The highest BCUT2D eigenvalue weighted by Crippen LogP contribution is 2.26. The second-order valence-electron chi connectivity index (χ2n) is 7.33. The van der Waals surface area contributed by atoms with E-state index in [-0.39, 0.29) is 18.4 Å². The number of amides is 2. The average Bonchev–Trinajstić information content (AvgIpc) is 3.29. The summed E-state index contributed by atoms with van der Waals surface area (Å²) in [6, 6.07) is 13.4.